The monoisotopic (exact) mass is 252 g/mol. The zero-order valence-electron chi connectivity index (χ0n) is 10.7. The lowest BCUT2D eigenvalue weighted by Gasteiger charge is -2.30. The normalized spacial score (nSPS) is 26.9. The number of rotatable bonds is 5. The van der Waals surface area contributed by atoms with E-state index in [9.17, 15) is 0 Å². The van der Waals surface area contributed by atoms with Gasteiger partial charge in [0.2, 0.25) is 0 Å². The molecule has 1 fully saturated rings. The summed E-state index contributed by atoms with van der Waals surface area (Å²) < 4.78 is 0. The van der Waals surface area contributed by atoms with Gasteiger partial charge in [0.1, 0.15) is 0 Å². The average molecular weight is 252 g/mol. The second-order valence-corrected chi connectivity index (χ2v) is 6.11. The van der Waals surface area contributed by atoms with E-state index < -0.39 is 0 Å². The maximum absolute atomic E-state index is 5.96. The van der Waals surface area contributed by atoms with Crippen LogP contribution in [0.4, 0.5) is 0 Å². The summed E-state index contributed by atoms with van der Waals surface area (Å²) in [4.78, 5) is 1.49. The molecule has 1 saturated carbocycles. The van der Waals surface area contributed by atoms with Gasteiger partial charge in [-0.2, -0.15) is 0 Å². The molecule has 1 atom stereocenters. The molecule has 1 aromatic heterocycles. The highest BCUT2D eigenvalue weighted by Gasteiger charge is 2.21. The lowest BCUT2D eigenvalue weighted by molar-refractivity contribution is 0.310. The van der Waals surface area contributed by atoms with E-state index in [1.807, 2.05) is 11.3 Å². The maximum atomic E-state index is 5.96. The van der Waals surface area contributed by atoms with Gasteiger partial charge in [-0.25, -0.2) is 0 Å². The van der Waals surface area contributed by atoms with Gasteiger partial charge in [0.15, 0.2) is 0 Å². The zero-order chi connectivity index (χ0) is 12.1. The highest BCUT2D eigenvalue weighted by Crippen LogP contribution is 2.26. The SMILES string of the molecule is CCCC(NC1CCC(N)CC1)c1cccs1. The van der Waals surface area contributed by atoms with E-state index in [0.717, 1.165) is 0 Å². The van der Waals surface area contributed by atoms with Crippen molar-refractivity contribution < 1.29 is 0 Å². The van der Waals surface area contributed by atoms with Crippen molar-refractivity contribution in [2.24, 2.45) is 5.73 Å². The summed E-state index contributed by atoms with van der Waals surface area (Å²) in [5, 5.41) is 6.01. The molecular formula is C14H24N2S. The molecule has 0 saturated heterocycles. The van der Waals surface area contributed by atoms with Crippen LogP contribution in [0.1, 0.15) is 56.4 Å². The van der Waals surface area contributed by atoms with Crippen LogP contribution in [0.25, 0.3) is 0 Å². The Kier molecular flexibility index (Phi) is 5.01. The smallest absolute Gasteiger partial charge is 0.0416 e. The summed E-state index contributed by atoms with van der Waals surface area (Å²) >= 11 is 1.87. The van der Waals surface area contributed by atoms with Crippen molar-refractivity contribution in [2.45, 2.75) is 63.6 Å². The topological polar surface area (TPSA) is 38.0 Å². The molecule has 2 nitrogen and oxygen atoms in total. The van der Waals surface area contributed by atoms with Crippen molar-refractivity contribution >= 4 is 11.3 Å². The van der Waals surface area contributed by atoms with Crippen molar-refractivity contribution in [3.63, 3.8) is 0 Å². The third kappa shape index (κ3) is 3.80. The predicted octanol–water partition coefficient (Wildman–Crippen LogP) is 3.45. The maximum Gasteiger partial charge on any atom is 0.0416 e. The Morgan fingerprint density at radius 2 is 2.18 bits per heavy atom. The van der Waals surface area contributed by atoms with Crippen LogP contribution in [-0.2, 0) is 0 Å². The average Bonchev–Trinajstić information content (AvgIpc) is 2.85. The molecule has 17 heavy (non-hydrogen) atoms. The summed E-state index contributed by atoms with van der Waals surface area (Å²) in [6.07, 6.45) is 7.33. The first-order chi connectivity index (χ1) is 8.29. The predicted molar refractivity (Wildman–Crippen MR) is 75.3 cm³/mol. The van der Waals surface area contributed by atoms with E-state index in [2.05, 4.69) is 29.8 Å². The molecule has 3 heteroatoms. The number of hydrogen-bond donors (Lipinski definition) is 2. The Balaban J connectivity index is 1.89. The van der Waals surface area contributed by atoms with Crippen LogP contribution in [0.2, 0.25) is 0 Å². The third-order valence-corrected chi connectivity index (χ3v) is 4.66. The van der Waals surface area contributed by atoms with Crippen LogP contribution in [0.3, 0.4) is 0 Å². The third-order valence-electron chi connectivity index (χ3n) is 3.67. The largest absolute Gasteiger partial charge is 0.328 e. The summed E-state index contributed by atoms with van der Waals surface area (Å²) in [5.74, 6) is 0. The molecule has 1 aliphatic carbocycles. The fourth-order valence-electron chi connectivity index (χ4n) is 2.66. The van der Waals surface area contributed by atoms with Gasteiger partial charge in [0, 0.05) is 23.0 Å². The van der Waals surface area contributed by atoms with Gasteiger partial charge in [-0.05, 0) is 43.6 Å². The lowest BCUT2D eigenvalue weighted by atomic mass is 9.91. The van der Waals surface area contributed by atoms with Gasteiger partial charge in [-0.15, -0.1) is 11.3 Å². The van der Waals surface area contributed by atoms with E-state index in [0.29, 0.717) is 18.1 Å². The molecule has 1 aromatic rings. The summed E-state index contributed by atoms with van der Waals surface area (Å²) in [6, 6.07) is 6.08. The molecule has 0 spiro atoms. The van der Waals surface area contributed by atoms with Crippen LogP contribution < -0.4 is 11.1 Å². The van der Waals surface area contributed by atoms with Crippen molar-refractivity contribution in [3.8, 4) is 0 Å². The number of hydrogen-bond acceptors (Lipinski definition) is 3. The quantitative estimate of drug-likeness (QED) is 0.842. The Labute approximate surface area is 109 Å². The second kappa shape index (κ2) is 6.53. The van der Waals surface area contributed by atoms with E-state index in [1.165, 1.54) is 43.4 Å². The van der Waals surface area contributed by atoms with Gasteiger partial charge in [-0.3, -0.25) is 0 Å². The number of nitrogens with one attached hydrogen (secondary N) is 1. The van der Waals surface area contributed by atoms with Crippen molar-refractivity contribution in [1.29, 1.82) is 0 Å². The second-order valence-electron chi connectivity index (χ2n) is 5.14. The summed E-state index contributed by atoms with van der Waals surface area (Å²) in [6.45, 7) is 2.26. The molecular weight excluding hydrogens is 228 g/mol. The van der Waals surface area contributed by atoms with Crippen molar-refractivity contribution in [3.05, 3.63) is 22.4 Å². The molecule has 1 aliphatic rings. The highest BCUT2D eigenvalue weighted by molar-refractivity contribution is 7.10. The van der Waals surface area contributed by atoms with Crippen LogP contribution in [0.5, 0.6) is 0 Å². The minimum atomic E-state index is 0.444. The van der Waals surface area contributed by atoms with Gasteiger partial charge < -0.3 is 11.1 Å². The molecule has 1 heterocycles. The molecule has 0 aliphatic heterocycles. The van der Waals surface area contributed by atoms with E-state index in [1.54, 1.807) is 0 Å². The zero-order valence-corrected chi connectivity index (χ0v) is 11.5. The van der Waals surface area contributed by atoms with E-state index >= 15 is 0 Å². The van der Waals surface area contributed by atoms with Gasteiger partial charge in [0.25, 0.3) is 0 Å². The molecule has 0 bridgehead atoms. The molecule has 0 aromatic carbocycles. The fourth-order valence-corrected chi connectivity index (χ4v) is 3.48. The van der Waals surface area contributed by atoms with Crippen molar-refractivity contribution in [2.75, 3.05) is 0 Å². The van der Waals surface area contributed by atoms with Crippen LogP contribution in [0.15, 0.2) is 17.5 Å². The van der Waals surface area contributed by atoms with Crippen LogP contribution in [-0.4, -0.2) is 12.1 Å². The Morgan fingerprint density at radius 1 is 1.41 bits per heavy atom. The number of nitrogens with two attached hydrogens (primary N) is 1. The Hall–Kier alpha value is -0.380. The van der Waals surface area contributed by atoms with Crippen molar-refractivity contribution in [1.82, 2.24) is 5.32 Å². The lowest BCUT2D eigenvalue weighted by Crippen LogP contribution is -2.39. The molecule has 0 amide bonds. The van der Waals surface area contributed by atoms with Gasteiger partial charge in [-0.1, -0.05) is 19.4 Å². The molecule has 2 rings (SSSR count). The molecule has 96 valence electrons. The Bertz CT molecular complexity index is 302. The highest BCUT2D eigenvalue weighted by atomic mass is 32.1. The standard InChI is InChI=1S/C14H24N2S/c1-2-4-13(14-5-3-10-17-14)16-12-8-6-11(15)7-9-12/h3,5,10-13,16H,2,4,6-9,15H2,1H3. The summed E-state index contributed by atoms with van der Waals surface area (Å²) in [5.41, 5.74) is 5.96. The first kappa shape index (κ1) is 13.1. The number of thiophene rings is 1. The van der Waals surface area contributed by atoms with E-state index in [-0.39, 0.29) is 0 Å². The minimum absolute atomic E-state index is 0.444. The first-order valence-electron chi connectivity index (χ1n) is 6.84. The molecule has 0 radical (unpaired) electrons. The Morgan fingerprint density at radius 3 is 2.76 bits per heavy atom. The van der Waals surface area contributed by atoms with Gasteiger partial charge >= 0.3 is 0 Å². The van der Waals surface area contributed by atoms with Gasteiger partial charge in [0.05, 0.1) is 0 Å². The van der Waals surface area contributed by atoms with Crippen LogP contribution in [0, 0.1) is 0 Å². The van der Waals surface area contributed by atoms with Crippen LogP contribution >= 0.6 is 11.3 Å². The summed E-state index contributed by atoms with van der Waals surface area (Å²) in [7, 11) is 0. The minimum Gasteiger partial charge on any atom is -0.328 e. The molecule has 3 N–H and O–H groups in total. The van der Waals surface area contributed by atoms with E-state index in [4.69, 9.17) is 5.73 Å². The fraction of sp³-hybridized carbons (Fsp3) is 0.714. The first-order valence-corrected chi connectivity index (χ1v) is 7.72. The molecule has 1 unspecified atom stereocenters.